The predicted molar refractivity (Wildman–Crippen MR) is 124 cm³/mol. The summed E-state index contributed by atoms with van der Waals surface area (Å²) in [6, 6.07) is 24.0. The van der Waals surface area contributed by atoms with Crippen molar-refractivity contribution in [2.75, 3.05) is 5.32 Å². The van der Waals surface area contributed by atoms with Crippen LogP contribution in [0.2, 0.25) is 5.02 Å². The third-order valence-electron chi connectivity index (χ3n) is 4.96. The summed E-state index contributed by atoms with van der Waals surface area (Å²) in [6.45, 7) is 0. The number of thioether (sulfide) groups is 1. The number of para-hydroxylation sites is 2. The fourth-order valence-corrected chi connectivity index (χ4v) is 4.60. The zero-order chi connectivity index (χ0) is 21.2. The first-order chi connectivity index (χ1) is 15.2. The fourth-order valence-electron chi connectivity index (χ4n) is 3.44. The first kappa shape index (κ1) is 19.7. The summed E-state index contributed by atoms with van der Waals surface area (Å²) in [5.41, 5.74) is 3.33. The molecule has 1 N–H and O–H groups in total. The number of benzene rings is 3. The minimum atomic E-state index is -0.249. The van der Waals surface area contributed by atoms with E-state index in [4.69, 9.17) is 21.4 Å². The zero-order valence-corrected chi connectivity index (χ0v) is 18.0. The second-order valence-corrected chi connectivity index (χ2v) is 8.44. The van der Waals surface area contributed by atoms with Gasteiger partial charge >= 0.3 is 0 Å². The van der Waals surface area contributed by atoms with E-state index >= 15 is 0 Å². The molecule has 1 aliphatic rings. The minimum absolute atomic E-state index is 0.249. The van der Waals surface area contributed by atoms with E-state index in [2.05, 4.69) is 5.32 Å². The molecule has 4 aromatic rings. The van der Waals surface area contributed by atoms with Gasteiger partial charge in [-0.25, -0.2) is 4.68 Å². The lowest BCUT2D eigenvalue weighted by atomic mass is 10.1. The molecule has 1 aromatic heterocycles. The molecule has 0 radical (unpaired) electrons. The molecule has 0 atom stereocenters. The molecule has 2 heterocycles. The molecule has 31 heavy (non-hydrogen) atoms. The third-order valence-corrected chi connectivity index (χ3v) is 6.18. The van der Waals surface area contributed by atoms with E-state index in [0.29, 0.717) is 27.9 Å². The quantitative estimate of drug-likeness (QED) is 0.389. The van der Waals surface area contributed by atoms with Gasteiger partial charge in [-0.15, -0.1) is 0 Å². The van der Waals surface area contributed by atoms with Crippen LogP contribution in [0, 0.1) is 0 Å². The van der Waals surface area contributed by atoms with Crippen molar-refractivity contribution >= 4 is 35.1 Å². The molecule has 3 aromatic carbocycles. The first-order valence-electron chi connectivity index (χ1n) is 9.77. The van der Waals surface area contributed by atoms with Crippen LogP contribution in [-0.4, -0.2) is 15.7 Å². The minimum Gasteiger partial charge on any atom is -0.457 e. The number of hydrogen-bond acceptors (Lipinski definition) is 4. The average molecular weight is 448 g/mol. The highest BCUT2D eigenvalue weighted by Crippen LogP contribution is 2.37. The number of hydrogen-bond donors (Lipinski definition) is 1. The van der Waals surface area contributed by atoms with Gasteiger partial charge in [0.15, 0.2) is 0 Å². The SMILES string of the molecule is O=C(Nc1c2c(nn1-c1ccc(Cl)cc1)CSC2)c1ccccc1Oc1ccccc1. The lowest BCUT2D eigenvalue weighted by Crippen LogP contribution is -2.17. The number of carbonyl (C=O) groups excluding carboxylic acids is 1. The molecule has 0 fully saturated rings. The highest BCUT2D eigenvalue weighted by Gasteiger charge is 2.25. The van der Waals surface area contributed by atoms with Crippen molar-refractivity contribution in [3.8, 4) is 17.2 Å². The van der Waals surface area contributed by atoms with Gasteiger partial charge in [-0.3, -0.25) is 4.79 Å². The van der Waals surface area contributed by atoms with Crippen LogP contribution in [0.15, 0.2) is 78.9 Å². The van der Waals surface area contributed by atoms with Gasteiger partial charge in [-0.1, -0.05) is 41.9 Å². The summed E-state index contributed by atoms with van der Waals surface area (Å²) >= 11 is 7.83. The van der Waals surface area contributed by atoms with Crippen LogP contribution in [0.25, 0.3) is 5.69 Å². The molecule has 5 rings (SSSR count). The average Bonchev–Trinajstić information content (AvgIpc) is 3.38. The number of nitrogens with zero attached hydrogens (tertiary/aromatic N) is 2. The highest BCUT2D eigenvalue weighted by molar-refractivity contribution is 7.98. The second kappa shape index (κ2) is 8.49. The maximum absolute atomic E-state index is 13.3. The smallest absolute Gasteiger partial charge is 0.260 e. The Morgan fingerprint density at radius 3 is 2.52 bits per heavy atom. The first-order valence-corrected chi connectivity index (χ1v) is 11.3. The lowest BCUT2D eigenvalue weighted by molar-refractivity contribution is 0.102. The summed E-state index contributed by atoms with van der Waals surface area (Å²) < 4.78 is 7.75. The Hall–Kier alpha value is -3.22. The molecule has 0 saturated heterocycles. The molecule has 1 amide bonds. The van der Waals surface area contributed by atoms with E-state index in [9.17, 15) is 4.79 Å². The maximum atomic E-state index is 13.3. The molecular formula is C24H18ClN3O2S. The molecule has 1 aliphatic heterocycles. The lowest BCUT2D eigenvalue weighted by Gasteiger charge is -2.14. The van der Waals surface area contributed by atoms with E-state index in [1.54, 1.807) is 28.6 Å². The van der Waals surface area contributed by atoms with Crippen LogP contribution in [0.4, 0.5) is 5.82 Å². The number of fused-ring (bicyclic) bond motifs is 1. The van der Waals surface area contributed by atoms with Crippen molar-refractivity contribution < 1.29 is 9.53 Å². The normalized spacial score (nSPS) is 12.4. The van der Waals surface area contributed by atoms with Crippen molar-refractivity contribution in [3.63, 3.8) is 0 Å². The molecule has 0 aliphatic carbocycles. The molecule has 0 bridgehead atoms. The number of halogens is 1. The summed E-state index contributed by atoms with van der Waals surface area (Å²) in [6.07, 6.45) is 0. The van der Waals surface area contributed by atoms with Crippen molar-refractivity contribution in [3.05, 3.63) is 101 Å². The number of amides is 1. The number of carbonyl (C=O) groups is 1. The van der Waals surface area contributed by atoms with Crippen LogP contribution < -0.4 is 10.1 Å². The van der Waals surface area contributed by atoms with E-state index in [0.717, 1.165) is 28.5 Å². The summed E-state index contributed by atoms with van der Waals surface area (Å²) in [4.78, 5) is 13.3. The van der Waals surface area contributed by atoms with Crippen LogP contribution in [0.3, 0.4) is 0 Å². The van der Waals surface area contributed by atoms with Gasteiger partial charge in [0.05, 0.1) is 16.9 Å². The number of anilines is 1. The third kappa shape index (κ3) is 4.04. The molecular weight excluding hydrogens is 430 g/mol. The fraction of sp³-hybridized carbons (Fsp3) is 0.0833. The van der Waals surface area contributed by atoms with Crippen LogP contribution in [0.5, 0.6) is 11.5 Å². The van der Waals surface area contributed by atoms with Crippen molar-refractivity contribution in [2.24, 2.45) is 0 Å². The van der Waals surface area contributed by atoms with Gasteiger partial charge in [0, 0.05) is 22.1 Å². The molecule has 0 unspecified atom stereocenters. The Kier molecular flexibility index (Phi) is 5.40. The van der Waals surface area contributed by atoms with Gasteiger partial charge in [-0.2, -0.15) is 16.9 Å². The Morgan fingerprint density at radius 1 is 0.968 bits per heavy atom. The standard InChI is InChI=1S/C24H18ClN3O2S/c25-16-10-12-17(13-11-16)28-23(20-14-31-15-21(20)27-28)26-24(29)19-8-4-5-9-22(19)30-18-6-2-1-3-7-18/h1-13H,14-15H2,(H,26,29). The van der Waals surface area contributed by atoms with E-state index in [1.807, 2.05) is 66.7 Å². The van der Waals surface area contributed by atoms with E-state index in [1.165, 1.54) is 0 Å². The van der Waals surface area contributed by atoms with Crippen LogP contribution in [-0.2, 0) is 11.5 Å². The van der Waals surface area contributed by atoms with Gasteiger partial charge in [0.25, 0.3) is 5.91 Å². The van der Waals surface area contributed by atoms with Gasteiger partial charge in [-0.05, 0) is 48.5 Å². The van der Waals surface area contributed by atoms with Gasteiger partial charge < -0.3 is 10.1 Å². The summed E-state index contributed by atoms with van der Waals surface area (Å²) in [7, 11) is 0. The summed E-state index contributed by atoms with van der Waals surface area (Å²) in [5, 5.41) is 8.47. The maximum Gasteiger partial charge on any atom is 0.260 e. The topological polar surface area (TPSA) is 56.2 Å². The number of ether oxygens (including phenoxy) is 1. The zero-order valence-electron chi connectivity index (χ0n) is 16.4. The second-order valence-electron chi connectivity index (χ2n) is 7.02. The largest absolute Gasteiger partial charge is 0.457 e. The number of aromatic nitrogens is 2. The Labute approximate surface area is 189 Å². The monoisotopic (exact) mass is 447 g/mol. The molecule has 7 heteroatoms. The van der Waals surface area contributed by atoms with Crippen molar-refractivity contribution in [2.45, 2.75) is 11.5 Å². The van der Waals surface area contributed by atoms with Gasteiger partial charge in [0.2, 0.25) is 0 Å². The van der Waals surface area contributed by atoms with Crippen molar-refractivity contribution in [1.29, 1.82) is 0 Å². The van der Waals surface area contributed by atoms with E-state index < -0.39 is 0 Å². The molecule has 5 nitrogen and oxygen atoms in total. The number of rotatable bonds is 5. The number of nitrogens with one attached hydrogen (secondary N) is 1. The van der Waals surface area contributed by atoms with Crippen molar-refractivity contribution in [1.82, 2.24) is 9.78 Å². The van der Waals surface area contributed by atoms with Gasteiger partial charge in [0.1, 0.15) is 17.3 Å². The van der Waals surface area contributed by atoms with Crippen LogP contribution >= 0.6 is 23.4 Å². The summed E-state index contributed by atoms with van der Waals surface area (Å²) in [5.74, 6) is 3.23. The molecule has 0 spiro atoms. The molecule has 154 valence electrons. The highest BCUT2D eigenvalue weighted by atomic mass is 35.5. The molecule has 0 saturated carbocycles. The Bertz CT molecular complexity index is 1240. The van der Waals surface area contributed by atoms with E-state index in [-0.39, 0.29) is 5.91 Å². The Balaban J connectivity index is 1.49. The Morgan fingerprint density at radius 2 is 1.71 bits per heavy atom. The predicted octanol–water partition coefficient (Wildman–Crippen LogP) is 6.32. The van der Waals surface area contributed by atoms with Crippen LogP contribution in [0.1, 0.15) is 21.6 Å².